The molecular formula is C54H92O14. The van der Waals surface area contributed by atoms with Crippen LogP contribution in [-0.4, -0.2) is 142 Å². The van der Waals surface area contributed by atoms with Crippen molar-refractivity contribution in [1.29, 1.82) is 0 Å². The van der Waals surface area contributed by atoms with Gasteiger partial charge in [0.1, 0.15) is 54.9 Å². The zero-order chi connectivity index (χ0) is 49.5. The van der Waals surface area contributed by atoms with Crippen molar-refractivity contribution in [2.45, 2.75) is 229 Å². The predicted octanol–water partition coefficient (Wildman–Crippen LogP) is 7.90. The molecule has 2 aliphatic heterocycles. The highest BCUT2D eigenvalue weighted by molar-refractivity contribution is 5.69. The van der Waals surface area contributed by atoms with Crippen LogP contribution in [0.25, 0.3) is 0 Å². The second kappa shape index (κ2) is 41.1. The van der Waals surface area contributed by atoms with Crippen LogP contribution in [0.4, 0.5) is 0 Å². The fraction of sp³-hybridized carbons (Fsp3) is 0.759. The minimum atomic E-state index is -1.71. The fourth-order valence-electron chi connectivity index (χ4n) is 7.72. The van der Waals surface area contributed by atoms with Crippen LogP contribution in [0, 0.1) is 0 Å². The highest BCUT2D eigenvalue weighted by atomic mass is 16.7. The normalized spacial score (nSPS) is 26.5. The van der Waals surface area contributed by atoms with E-state index in [1.165, 1.54) is 32.1 Å². The molecular weight excluding hydrogens is 873 g/mol. The Labute approximate surface area is 408 Å². The highest BCUT2D eigenvalue weighted by Crippen LogP contribution is 2.26. The van der Waals surface area contributed by atoms with Gasteiger partial charge in [0.25, 0.3) is 0 Å². The van der Waals surface area contributed by atoms with E-state index in [-0.39, 0.29) is 19.6 Å². The number of ether oxygens (including phenoxy) is 6. The lowest BCUT2D eigenvalue weighted by Gasteiger charge is -2.42. The van der Waals surface area contributed by atoms with Crippen LogP contribution < -0.4 is 0 Å². The molecule has 2 rings (SSSR count). The largest absolute Gasteiger partial charge is 0.457 e. The minimum Gasteiger partial charge on any atom is -0.457 e. The van der Waals surface area contributed by atoms with Crippen molar-refractivity contribution in [1.82, 2.24) is 0 Å². The van der Waals surface area contributed by atoms with Gasteiger partial charge in [-0.1, -0.05) is 151 Å². The summed E-state index contributed by atoms with van der Waals surface area (Å²) in [6.07, 6.45) is 34.1. The second-order valence-electron chi connectivity index (χ2n) is 18.0. The Kier molecular flexibility index (Phi) is 37.2. The maximum Gasteiger partial charge on any atom is 0.306 e. The van der Waals surface area contributed by atoms with Crippen LogP contribution in [-0.2, 0) is 33.2 Å². The summed E-state index contributed by atoms with van der Waals surface area (Å²) < 4.78 is 34.2. The number of allylic oxidation sites excluding steroid dienone is 12. The summed E-state index contributed by atoms with van der Waals surface area (Å²) in [4.78, 5) is 12.9. The van der Waals surface area contributed by atoms with Gasteiger partial charge in [-0.05, 0) is 77.0 Å². The lowest BCUT2D eigenvalue weighted by atomic mass is 9.98. The number of unbranched alkanes of at least 4 members (excludes halogenated alkanes) is 14. The van der Waals surface area contributed by atoms with Crippen LogP contribution >= 0.6 is 0 Å². The van der Waals surface area contributed by atoms with Gasteiger partial charge in [0.05, 0.1) is 26.4 Å². The second-order valence-corrected chi connectivity index (χ2v) is 18.0. The van der Waals surface area contributed by atoms with E-state index in [0.717, 1.165) is 103 Å². The molecule has 11 atom stereocenters. The molecule has 392 valence electrons. The molecule has 0 bridgehead atoms. The average molecular weight is 965 g/mol. The van der Waals surface area contributed by atoms with Crippen molar-refractivity contribution in [3.63, 3.8) is 0 Å². The first kappa shape index (κ1) is 61.5. The predicted molar refractivity (Wildman–Crippen MR) is 265 cm³/mol. The summed E-state index contributed by atoms with van der Waals surface area (Å²) in [7, 11) is 0. The van der Waals surface area contributed by atoms with Gasteiger partial charge in [-0.3, -0.25) is 4.79 Å². The first-order valence-electron chi connectivity index (χ1n) is 26.0. The average Bonchev–Trinajstić information content (AvgIpc) is 3.33. The van der Waals surface area contributed by atoms with E-state index in [9.17, 15) is 40.5 Å². The summed E-state index contributed by atoms with van der Waals surface area (Å²) >= 11 is 0. The van der Waals surface area contributed by atoms with Gasteiger partial charge in [-0.25, -0.2) is 0 Å². The maximum atomic E-state index is 12.9. The van der Waals surface area contributed by atoms with Gasteiger partial charge in [0, 0.05) is 13.0 Å². The molecule has 0 spiro atoms. The molecule has 7 N–H and O–H groups in total. The third-order valence-electron chi connectivity index (χ3n) is 11.9. The molecule has 14 nitrogen and oxygen atoms in total. The monoisotopic (exact) mass is 965 g/mol. The zero-order valence-corrected chi connectivity index (χ0v) is 41.6. The number of carbonyl (C=O) groups excluding carboxylic acids is 1. The Bertz CT molecular complexity index is 1400. The third kappa shape index (κ3) is 28.3. The molecule has 0 radical (unpaired) electrons. The molecule has 0 amide bonds. The number of aliphatic hydroxyl groups is 7. The molecule has 2 aliphatic rings. The van der Waals surface area contributed by atoms with E-state index in [1.54, 1.807) is 0 Å². The van der Waals surface area contributed by atoms with E-state index < -0.39 is 86.7 Å². The molecule has 11 unspecified atom stereocenters. The number of carbonyl (C=O) groups is 1. The number of esters is 1. The van der Waals surface area contributed by atoms with Crippen LogP contribution in [0.2, 0.25) is 0 Å². The number of hydrogen-bond acceptors (Lipinski definition) is 14. The van der Waals surface area contributed by atoms with Crippen molar-refractivity contribution in [3.05, 3.63) is 72.9 Å². The van der Waals surface area contributed by atoms with E-state index in [0.29, 0.717) is 13.0 Å². The van der Waals surface area contributed by atoms with Crippen LogP contribution in [0.3, 0.4) is 0 Å². The van der Waals surface area contributed by atoms with E-state index in [4.69, 9.17) is 28.4 Å². The lowest BCUT2D eigenvalue weighted by molar-refractivity contribution is -0.332. The van der Waals surface area contributed by atoms with Crippen molar-refractivity contribution < 1.29 is 69.0 Å². The fourth-order valence-corrected chi connectivity index (χ4v) is 7.72. The summed E-state index contributed by atoms with van der Waals surface area (Å²) in [5.74, 6) is -0.395. The standard InChI is InChI=1S/C54H92O14/c1-3-5-7-9-11-13-15-16-17-18-19-20-21-22-23-24-25-26-27-28-30-32-34-36-38-63-40-43(66-46(56)37-35-33-31-29-14-12-10-8-6-4-2)41-64-53-52(62)50(60)48(58)45(68-53)42-65-54-51(61)49(59)47(57)44(39-55)67-54/h5,7-8,10-11,13,16-17,19-20,22-23,43-45,47-55,57-62H,3-4,6,9,12,14-15,18,21,24-42H2,1-2H3/b7-5-,10-8-,13-11-,17-16-,20-19-,23-22-. The lowest BCUT2D eigenvalue weighted by Crippen LogP contribution is -2.61. The Morgan fingerprint density at radius 2 is 0.956 bits per heavy atom. The highest BCUT2D eigenvalue weighted by Gasteiger charge is 2.47. The quantitative estimate of drug-likeness (QED) is 0.0177. The Balaban J connectivity index is 1.71. The van der Waals surface area contributed by atoms with Gasteiger partial charge < -0.3 is 64.2 Å². The van der Waals surface area contributed by atoms with Gasteiger partial charge >= 0.3 is 5.97 Å². The van der Waals surface area contributed by atoms with Crippen LogP contribution in [0.5, 0.6) is 0 Å². The molecule has 0 aromatic heterocycles. The Hall–Kier alpha value is -2.57. The smallest absolute Gasteiger partial charge is 0.306 e. The summed E-state index contributed by atoms with van der Waals surface area (Å²) in [6.45, 7) is 3.45. The Morgan fingerprint density at radius 3 is 1.51 bits per heavy atom. The Morgan fingerprint density at radius 1 is 0.500 bits per heavy atom. The molecule has 0 aromatic carbocycles. The molecule has 2 saturated heterocycles. The van der Waals surface area contributed by atoms with Gasteiger partial charge in [-0.15, -0.1) is 0 Å². The number of rotatable bonds is 40. The summed E-state index contributed by atoms with van der Waals surface area (Å²) in [6, 6.07) is 0. The van der Waals surface area contributed by atoms with Gasteiger partial charge in [0.2, 0.25) is 0 Å². The first-order valence-corrected chi connectivity index (χ1v) is 26.0. The molecule has 2 fully saturated rings. The van der Waals surface area contributed by atoms with Crippen LogP contribution in [0.1, 0.15) is 162 Å². The van der Waals surface area contributed by atoms with Gasteiger partial charge in [-0.2, -0.15) is 0 Å². The number of hydrogen-bond donors (Lipinski definition) is 7. The SMILES string of the molecule is CC/C=C\C/C=C\C/C=C\C/C=C\C/C=C\CCCCCCCCCCOCC(COC1OC(COC2OC(CO)C(O)C(O)C2O)C(O)C(O)C1O)OC(=O)CCCCCCC/C=C\CCC. The van der Waals surface area contributed by atoms with Gasteiger partial charge in [0.15, 0.2) is 12.6 Å². The van der Waals surface area contributed by atoms with Crippen molar-refractivity contribution in [2.24, 2.45) is 0 Å². The van der Waals surface area contributed by atoms with Crippen LogP contribution in [0.15, 0.2) is 72.9 Å². The molecule has 2 heterocycles. The summed E-state index contributed by atoms with van der Waals surface area (Å²) in [5, 5.41) is 72.1. The molecule has 0 aliphatic carbocycles. The van der Waals surface area contributed by atoms with E-state index in [2.05, 4.69) is 86.8 Å². The first-order chi connectivity index (χ1) is 33.1. The van der Waals surface area contributed by atoms with Crippen molar-refractivity contribution in [3.8, 4) is 0 Å². The molecule has 0 saturated carbocycles. The molecule has 14 heteroatoms. The topological polar surface area (TPSA) is 214 Å². The maximum absolute atomic E-state index is 12.9. The third-order valence-corrected chi connectivity index (χ3v) is 11.9. The van der Waals surface area contributed by atoms with E-state index in [1.807, 2.05) is 0 Å². The summed E-state index contributed by atoms with van der Waals surface area (Å²) in [5.41, 5.74) is 0. The molecule has 68 heavy (non-hydrogen) atoms. The van der Waals surface area contributed by atoms with E-state index >= 15 is 0 Å². The number of aliphatic hydroxyl groups excluding tert-OH is 7. The minimum absolute atomic E-state index is 0.0484. The zero-order valence-electron chi connectivity index (χ0n) is 41.6. The van der Waals surface area contributed by atoms with Crippen molar-refractivity contribution in [2.75, 3.05) is 33.0 Å². The van der Waals surface area contributed by atoms with Crippen molar-refractivity contribution >= 4 is 5.97 Å². The molecule has 0 aromatic rings.